The van der Waals surface area contributed by atoms with E-state index >= 15 is 0 Å². The third kappa shape index (κ3) is 4.96. The van der Waals surface area contributed by atoms with Crippen molar-refractivity contribution in [3.63, 3.8) is 0 Å². The van der Waals surface area contributed by atoms with Crippen molar-refractivity contribution in [1.29, 1.82) is 0 Å². The van der Waals surface area contributed by atoms with Crippen LogP contribution in [0.4, 0.5) is 0 Å². The minimum atomic E-state index is -0.884. The predicted molar refractivity (Wildman–Crippen MR) is 88.2 cm³/mol. The molecular weight excluding hydrogens is 302 g/mol. The third-order valence-electron chi connectivity index (χ3n) is 3.31. The van der Waals surface area contributed by atoms with Gasteiger partial charge in [0.05, 0.1) is 5.60 Å². The van der Waals surface area contributed by atoms with E-state index in [1.54, 1.807) is 24.8 Å². The first-order valence-corrected chi connectivity index (χ1v) is 8.46. The molecule has 1 amide bonds. The largest absolute Gasteiger partial charge is 0.454 e. The summed E-state index contributed by atoms with van der Waals surface area (Å²) in [6.45, 7) is 2.19. The highest BCUT2D eigenvalue weighted by atomic mass is 32.2. The molecule has 1 atom stereocenters. The van der Waals surface area contributed by atoms with E-state index in [1.165, 1.54) is 6.08 Å². The molecule has 0 saturated heterocycles. The van der Waals surface area contributed by atoms with Crippen LogP contribution >= 0.6 is 11.8 Å². The molecule has 1 aromatic carbocycles. The number of carbonyl (C=O) groups excluding carboxylic acids is 1. The second-order valence-corrected chi connectivity index (χ2v) is 6.39. The molecule has 2 N–H and O–H groups in total. The molecule has 0 bridgehead atoms. The minimum absolute atomic E-state index is 0.230. The van der Waals surface area contributed by atoms with Crippen LogP contribution in [-0.4, -0.2) is 42.0 Å². The number of hydrogen-bond donors (Lipinski definition) is 2. The average molecular weight is 323 g/mol. The maximum atomic E-state index is 11.8. The fraction of sp³-hybridized carbons (Fsp3) is 0.438. The highest BCUT2D eigenvalue weighted by Gasteiger charge is 2.20. The van der Waals surface area contributed by atoms with E-state index in [2.05, 4.69) is 5.32 Å². The molecule has 0 unspecified atom stereocenters. The van der Waals surface area contributed by atoms with Crippen molar-refractivity contribution in [2.24, 2.45) is 0 Å². The van der Waals surface area contributed by atoms with Gasteiger partial charge in [-0.05, 0) is 49.1 Å². The molecule has 0 radical (unpaired) electrons. The lowest BCUT2D eigenvalue weighted by Gasteiger charge is -2.22. The van der Waals surface area contributed by atoms with E-state index in [-0.39, 0.29) is 19.2 Å². The van der Waals surface area contributed by atoms with Gasteiger partial charge in [0.2, 0.25) is 12.7 Å². The lowest BCUT2D eigenvalue weighted by atomic mass is 10.0. The summed E-state index contributed by atoms with van der Waals surface area (Å²) in [6.07, 6.45) is 5.78. The van der Waals surface area contributed by atoms with Gasteiger partial charge < -0.3 is 19.9 Å². The van der Waals surface area contributed by atoms with Crippen LogP contribution in [0.1, 0.15) is 18.9 Å². The van der Waals surface area contributed by atoms with Crippen LogP contribution in [-0.2, 0) is 4.79 Å². The molecule has 1 aliphatic rings. The van der Waals surface area contributed by atoms with Crippen molar-refractivity contribution in [2.45, 2.75) is 18.9 Å². The van der Waals surface area contributed by atoms with Crippen LogP contribution in [0.5, 0.6) is 11.5 Å². The van der Waals surface area contributed by atoms with E-state index in [0.29, 0.717) is 17.9 Å². The number of aliphatic hydroxyl groups is 1. The normalized spacial score (nSPS) is 15.8. The van der Waals surface area contributed by atoms with Crippen LogP contribution in [0.3, 0.4) is 0 Å². The Morgan fingerprint density at radius 2 is 2.23 bits per heavy atom. The molecule has 0 aromatic heterocycles. The zero-order valence-corrected chi connectivity index (χ0v) is 13.6. The number of hydrogen-bond acceptors (Lipinski definition) is 5. The Morgan fingerprint density at radius 3 is 3.00 bits per heavy atom. The quantitative estimate of drug-likeness (QED) is 0.752. The minimum Gasteiger partial charge on any atom is -0.454 e. The molecule has 1 aromatic rings. The van der Waals surface area contributed by atoms with Gasteiger partial charge in [0.25, 0.3) is 0 Å². The molecule has 5 nitrogen and oxygen atoms in total. The molecule has 1 heterocycles. The first kappa shape index (κ1) is 16.7. The molecular formula is C16H21NO4S. The molecule has 1 aliphatic heterocycles. The Hall–Kier alpha value is -1.66. The maximum Gasteiger partial charge on any atom is 0.244 e. The zero-order chi connectivity index (χ0) is 16.0. The number of benzene rings is 1. The fourth-order valence-electron chi connectivity index (χ4n) is 1.94. The number of amides is 1. The van der Waals surface area contributed by atoms with Gasteiger partial charge in [0.1, 0.15) is 0 Å². The molecule has 0 fully saturated rings. The van der Waals surface area contributed by atoms with Gasteiger partial charge in [0.15, 0.2) is 11.5 Å². The van der Waals surface area contributed by atoms with Gasteiger partial charge in [-0.3, -0.25) is 4.79 Å². The molecule has 22 heavy (non-hydrogen) atoms. The first-order valence-electron chi connectivity index (χ1n) is 7.07. The number of rotatable bonds is 7. The van der Waals surface area contributed by atoms with E-state index in [4.69, 9.17) is 9.47 Å². The summed E-state index contributed by atoms with van der Waals surface area (Å²) < 4.78 is 10.5. The summed E-state index contributed by atoms with van der Waals surface area (Å²) in [6, 6.07) is 5.49. The van der Waals surface area contributed by atoms with Crippen molar-refractivity contribution >= 4 is 23.7 Å². The SMILES string of the molecule is CSCC[C@](C)(O)CNC(=O)/C=C/c1ccc2c(c1)OCO2. The van der Waals surface area contributed by atoms with Crippen molar-refractivity contribution in [2.75, 3.05) is 25.3 Å². The van der Waals surface area contributed by atoms with Crippen molar-refractivity contribution in [3.05, 3.63) is 29.8 Å². The smallest absolute Gasteiger partial charge is 0.244 e. The highest BCUT2D eigenvalue weighted by Crippen LogP contribution is 2.32. The Labute approximate surface area is 134 Å². The van der Waals surface area contributed by atoms with Gasteiger partial charge in [-0.1, -0.05) is 6.07 Å². The maximum absolute atomic E-state index is 11.8. The summed E-state index contributed by atoms with van der Waals surface area (Å²) in [5, 5.41) is 12.8. The molecule has 0 saturated carbocycles. The van der Waals surface area contributed by atoms with Crippen LogP contribution in [0.2, 0.25) is 0 Å². The van der Waals surface area contributed by atoms with Gasteiger partial charge in [0, 0.05) is 12.6 Å². The van der Waals surface area contributed by atoms with Crippen LogP contribution < -0.4 is 14.8 Å². The first-order chi connectivity index (χ1) is 10.5. The summed E-state index contributed by atoms with van der Waals surface area (Å²) in [4.78, 5) is 11.8. The molecule has 6 heteroatoms. The summed E-state index contributed by atoms with van der Waals surface area (Å²) >= 11 is 1.67. The standard InChI is InChI=1S/C16H21NO4S/c1-16(19,7-8-22-2)10-17-15(18)6-4-12-3-5-13-14(9-12)21-11-20-13/h3-6,9,19H,7-8,10-11H2,1-2H3,(H,17,18)/b6-4+/t16-/m0/s1. The average Bonchev–Trinajstić information content (AvgIpc) is 2.96. The second kappa shape index (κ2) is 7.56. The zero-order valence-electron chi connectivity index (χ0n) is 12.8. The van der Waals surface area contributed by atoms with E-state index in [0.717, 1.165) is 11.3 Å². The Balaban J connectivity index is 1.84. The molecule has 0 aliphatic carbocycles. The number of ether oxygens (including phenoxy) is 2. The summed E-state index contributed by atoms with van der Waals surface area (Å²) in [5.41, 5.74) is -0.0285. The van der Waals surface area contributed by atoms with Gasteiger partial charge in [-0.2, -0.15) is 11.8 Å². The summed E-state index contributed by atoms with van der Waals surface area (Å²) in [5.74, 6) is 2.02. The molecule has 120 valence electrons. The van der Waals surface area contributed by atoms with E-state index < -0.39 is 5.60 Å². The summed E-state index contributed by atoms with van der Waals surface area (Å²) in [7, 11) is 0. The topological polar surface area (TPSA) is 67.8 Å². The number of fused-ring (bicyclic) bond motifs is 1. The highest BCUT2D eigenvalue weighted by molar-refractivity contribution is 7.98. The van der Waals surface area contributed by atoms with Crippen LogP contribution in [0, 0.1) is 0 Å². The Morgan fingerprint density at radius 1 is 1.45 bits per heavy atom. The predicted octanol–water partition coefficient (Wildman–Crippen LogP) is 2.05. The number of carbonyl (C=O) groups is 1. The lowest BCUT2D eigenvalue weighted by molar-refractivity contribution is -0.117. The fourth-order valence-corrected chi connectivity index (χ4v) is 2.58. The third-order valence-corrected chi connectivity index (χ3v) is 3.92. The number of thioether (sulfide) groups is 1. The Bertz CT molecular complexity index is 557. The van der Waals surface area contributed by atoms with Gasteiger partial charge in [-0.15, -0.1) is 0 Å². The Kier molecular flexibility index (Phi) is 5.74. The van der Waals surface area contributed by atoms with Crippen LogP contribution in [0.15, 0.2) is 24.3 Å². The van der Waals surface area contributed by atoms with Crippen molar-refractivity contribution in [1.82, 2.24) is 5.32 Å². The van der Waals surface area contributed by atoms with Gasteiger partial charge >= 0.3 is 0 Å². The molecule has 0 spiro atoms. The van der Waals surface area contributed by atoms with Crippen molar-refractivity contribution in [3.8, 4) is 11.5 Å². The van der Waals surface area contributed by atoms with Gasteiger partial charge in [-0.25, -0.2) is 0 Å². The monoisotopic (exact) mass is 323 g/mol. The van der Waals surface area contributed by atoms with Crippen LogP contribution in [0.25, 0.3) is 6.08 Å². The van der Waals surface area contributed by atoms with E-state index in [1.807, 2.05) is 24.5 Å². The van der Waals surface area contributed by atoms with E-state index in [9.17, 15) is 9.90 Å². The lowest BCUT2D eigenvalue weighted by Crippen LogP contribution is -2.40. The second-order valence-electron chi connectivity index (χ2n) is 5.40. The molecule has 2 rings (SSSR count). The van der Waals surface area contributed by atoms with Crippen molar-refractivity contribution < 1.29 is 19.4 Å². The number of nitrogens with one attached hydrogen (secondary N) is 1.